The van der Waals surface area contributed by atoms with Crippen molar-refractivity contribution in [1.29, 1.82) is 0 Å². The van der Waals surface area contributed by atoms with Crippen LogP contribution in [0.2, 0.25) is 0 Å². The lowest BCUT2D eigenvalue weighted by molar-refractivity contribution is -0.141. The Morgan fingerprint density at radius 1 is 1.47 bits per heavy atom. The van der Waals surface area contributed by atoms with Crippen LogP contribution in [0.25, 0.3) is 0 Å². The van der Waals surface area contributed by atoms with E-state index in [9.17, 15) is 14.4 Å². The van der Waals surface area contributed by atoms with E-state index >= 15 is 0 Å². The molecule has 3 N–H and O–H groups in total. The van der Waals surface area contributed by atoms with Crippen LogP contribution in [0.4, 0.5) is 4.79 Å². The summed E-state index contributed by atoms with van der Waals surface area (Å²) < 4.78 is 0. The zero-order valence-electron chi connectivity index (χ0n) is 9.90. The highest BCUT2D eigenvalue weighted by Crippen LogP contribution is 2.04. The van der Waals surface area contributed by atoms with Gasteiger partial charge in [0.2, 0.25) is 5.91 Å². The molecule has 0 aliphatic carbocycles. The summed E-state index contributed by atoms with van der Waals surface area (Å²) in [5.74, 6) is -1.84. The molecule has 1 rings (SSSR count). The van der Waals surface area contributed by atoms with Gasteiger partial charge >= 0.3 is 12.0 Å². The number of piperazine rings is 1. The molecule has 1 aliphatic rings. The predicted molar refractivity (Wildman–Crippen MR) is 59.4 cm³/mol. The predicted octanol–water partition coefficient (Wildman–Crippen LogP) is -0.763. The van der Waals surface area contributed by atoms with Crippen molar-refractivity contribution in [1.82, 2.24) is 15.5 Å². The third kappa shape index (κ3) is 3.61. The van der Waals surface area contributed by atoms with E-state index in [2.05, 4.69) is 10.6 Å². The molecular weight excluding hydrogens is 226 g/mol. The van der Waals surface area contributed by atoms with Crippen LogP contribution in [0.15, 0.2) is 0 Å². The van der Waals surface area contributed by atoms with Crippen LogP contribution in [0.5, 0.6) is 0 Å². The lowest BCUT2D eigenvalue weighted by Crippen LogP contribution is -2.55. The van der Waals surface area contributed by atoms with Gasteiger partial charge < -0.3 is 20.6 Å². The molecule has 1 aliphatic heterocycles. The molecule has 1 saturated heterocycles. The molecule has 1 heterocycles. The van der Waals surface area contributed by atoms with Gasteiger partial charge in [-0.1, -0.05) is 0 Å². The second-order valence-corrected chi connectivity index (χ2v) is 4.14. The van der Waals surface area contributed by atoms with Crippen LogP contribution in [0, 0.1) is 5.92 Å². The highest BCUT2D eigenvalue weighted by Gasteiger charge is 2.25. The van der Waals surface area contributed by atoms with Gasteiger partial charge in [0.1, 0.15) is 6.54 Å². The van der Waals surface area contributed by atoms with Crippen LogP contribution >= 0.6 is 0 Å². The number of carboxylic acids is 1. The molecule has 0 saturated carbocycles. The summed E-state index contributed by atoms with van der Waals surface area (Å²) in [6, 6.07) is -0.884. The number of carbonyl (C=O) groups excluding carboxylic acids is 2. The quantitative estimate of drug-likeness (QED) is 0.606. The van der Waals surface area contributed by atoms with Crippen molar-refractivity contribution in [3.8, 4) is 0 Å². The van der Waals surface area contributed by atoms with Crippen LogP contribution in [0.3, 0.4) is 0 Å². The number of rotatable bonds is 3. The first-order valence-electron chi connectivity index (χ1n) is 5.46. The standard InChI is InChI=1S/C10H17N3O4/c1-6(9(15)16)7(2)12-10(17)13-4-3-11-8(14)5-13/h6-7H,3-5H2,1-2H3,(H,11,14)(H,12,17)(H,15,16). The molecule has 7 nitrogen and oxygen atoms in total. The summed E-state index contributed by atoms with van der Waals surface area (Å²) in [5.41, 5.74) is 0. The number of carbonyl (C=O) groups is 3. The molecule has 0 spiro atoms. The molecule has 2 atom stereocenters. The Labute approximate surface area is 99.2 Å². The fourth-order valence-corrected chi connectivity index (χ4v) is 1.44. The average Bonchev–Trinajstić information content (AvgIpc) is 2.27. The van der Waals surface area contributed by atoms with Crippen molar-refractivity contribution >= 4 is 17.9 Å². The van der Waals surface area contributed by atoms with Gasteiger partial charge in [-0.15, -0.1) is 0 Å². The van der Waals surface area contributed by atoms with E-state index in [0.29, 0.717) is 13.1 Å². The maximum Gasteiger partial charge on any atom is 0.318 e. The second-order valence-electron chi connectivity index (χ2n) is 4.14. The lowest BCUT2D eigenvalue weighted by Gasteiger charge is -2.29. The molecule has 0 bridgehead atoms. The zero-order chi connectivity index (χ0) is 13.0. The summed E-state index contributed by atoms with van der Waals surface area (Å²) in [6.07, 6.45) is 0. The molecular formula is C10H17N3O4. The normalized spacial score (nSPS) is 19.2. The minimum atomic E-state index is -0.964. The van der Waals surface area contributed by atoms with Gasteiger partial charge in [-0.3, -0.25) is 9.59 Å². The first kappa shape index (κ1) is 13.3. The Bertz CT molecular complexity index is 332. The van der Waals surface area contributed by atoms with Gasteiger partial charge in [-0.25, -0.2) is 4.79 Å². The molecule has 3 amide bonds. The number of hydrogen-bond donors (Lipinski definition) is 3. The van der Waals surface area contributed by atoms with Crippen molar-refractivity contribution in [3.05, 3.63) is 0 Å². The Hall–Kier alpha value is -1.79. The van der Waals surface area contributed by atoms with Gasteiger partial charge in [-0.2, -0.15) is 0 Å². The summed E-state index contributed by atoms with van der Waals surface area (Å²) in [6.45, 7) is 4.03. The molecule has 17 heavy (non-hydrogen) atoms. The number of amides is 3. The number of nitrogens with zero attached hydrogens (tertiary/aromatic N) is 1. The molecule has 1 fully saturated rings. The highest BCUT2D eigenvalue weighted by atomic mass is 16.4. The molecule has 0 aromatic heterocycles. The Kier molecular flexibility index (Phi) is 4.30. The monoisotopic (exact) mass is 243 g/mol. The largest absolute Gasteiger partial charge is 0.481 e. The van der Waals surface area contributed by atoms with Crippen molar-refractivity contribution in [2.24, 2.45) is 5.92 Å². The van der Waals surface area contributed by atoms with Crippen LogP contribution in [0.1, 0.15) is 13.8 Å². The molecule has 7 heteroatoms. The summed E-state index contributed by atoms with van der Waals surface area (Å²) >= 11 is 0. The van der Waals surface area contributed by atoms with E-state index in [1.165, 1.54) is 11.8 Å². The van der Waals surface area contributed by atoms with E-state index in [-0.39, 0.29) is 12.5 Å². The lowest BCUT2D eigenvalue weighted by atomic mass is 10.0. The Morgan fingerprint density at radius 2 is 2.12 bits per heavy atom. The molecule has 96 valence electrons. The van der Waals surface area contributed by atoms with Gasteiger partial charge in [0, 0.05) is 19.1 Å². The number of carboxylic acid groups (broad SMARTS) is 1. The molecule has 0 radical (unpaired) electrons. The smallest absolute Gasteiger partial charge is 0.318 e. The van der Waals surface area contributed by atoms with Crippen molar-refractivity contribution in [3.63, 3.8) is 0 Å². The van der Waals surface area contributed by atoms with Crippen LogP contribution in [-0.2, 0) is 9.59 Å². The van der Waals surface area contributed by atoms with E-state index in [1.54, 1.807) is 6.92 Å². The van der Waals surface area contributed by atoms with Crippen molar-refractivity contribution in [2.75, 3.05) is 19.6 Å². The summed E-state index contributed by atoms with van der Waals surface area (Å²) in [7, 11) is 0. The van der Waals surface area contributed by atoms with Crippen LogP contribution in [-0.4, -0.2) is 53.6 Å². The van der Waals surface area contributed by atoms with Crippen molar-refractivity contribution < 1.29 is 19.5 Å². The minimum absolute atomic E-state index is 0.0139. The first-order chi connectivity index (χ1) is 7.91. The first-order valence-corrected chi connectivity index (χ1v) is 5.46. The third-order valence-corrected chi connectivity index (χ3v) is 2.82. The second kappa shape index (κ2) is 5.51. The van der Waals surface area contributed by atoms with Crippen LogP contribution < -0.4 is 10.6 Å². The number of hydrogen-bond acceptors (Lipinski definition) is 3. The maximum atomic E-state index is 11.7. The number of aliphatic carboxylic acids is 1. The van der Waals surface area contributed by atoms with Gasteiger partial charge in [0.25, 0.3) is 0 Å². The van der Waals surface area contributed by atoms with E-state index in [4.69, 9.17) is 5.11 Å². The third-order valence-electron chi connectivity index (χ3n) is 2.82. The maximum absolute atomic E-state index is 11.7. The molecule has 2 unspecified atom stereocenters. The average molecular weight is 243 g/mol. The molecule has 0 aromatic carbocycles. The summed E-state index contributed by atoms with van der Waals surface area (Å²) in [4.78, 5) is 34.9. The highest BCUT2D eigenvalue weighted by molar-refractivity contribution is 5.85. The summed E-state index contributed by atoms with van der Waals surface area (Å²) in [5, 5.41) is 14.0. The molecule has 0 aromatic rings. The Balaban J connectivity index is 2.48. The Morgan fingerprint density at radius 3 is 2.65 bits per heavy atom. The topological polar surface area (TPSA) is 98.7 Å². The number of urea groups is 1. The van der Waals surface area contributed by atoms with Gasteiger partial charge in [-0.05, 0) is 13.8 Å². The fraction of sp³-hybridized carbons (Fsp3) is 0.700. The minimum Gasteiger partial charge on any atom is -0.481 e. The zero-order valence-corrected chi connectivity index (χ0v) is 9.90. The number of nitrogens with one attached hydrogen (secondary N) is 2. The van der Waals surface area contributed by atoms with E-state index < -0.39 is 24.0 Å². The van der Waals surface area contributed by atoms with Gasteiger partial charge in [0.15, 0.2) is 0 Å². The van der Waals surface area contributed by atoms with E-state index in [0.717, 1.165) is 0 Å². The fourth-order valence-electron chi connectivity index (χ4n) is 1.44. The van der Waals surface area contributed by atoms with E-state index in [1.807, 2.05) is 0 Å². The van der Waals surface area contributed by atoms with Gasteiger partial charge in [0.05, 0.1) is 5.92 Å². The SMILES string of the molecule is CC(NC(=O)N1CCNC(=O)C1)C(C)C(=O)O. The van der Waals surface area contributed by atoms with Crippen molar-refractivity contribution in [2.45, 2.75) is 19.9 Å².